The lowest BCUT2D eigenvalue weighted by Gasteiger charge is -2.14. The summed E-state index contributed by atoms with van der Waals surface area (Å²) in [7, 11) is 0. The van der Waals surface area contributed by atoms with Crippen LogP contribution in [0, 0.1) is 6.92 Å². The van der Waals surface area contributed by atoms with E-state index in [0.717, 1.165) is 5.56 Å². The van der Waals surface area contributed by atoms with Gasteiger partial charge in [-0.05, 0) is 50.1 Å². The highest BCUT2D eigenvalue weighted by Gasteiger charge is 2.18. The van der Waals surface area contributed by atoms with Crippen molar-refractivity contribution in [2.24, 2.45) is 0 Å². The van der Waals surface area contributed by atoms with E-state index in [0.29, 0.717) is 16.8 Å². The molecule has 1 unspecified atom stereocenters. The number of aryl methyl sites for hydroxylation is 1. The van der Waals surface area contributed by atoms with Gasteiger partial charge in [0.2, 0.25) is 0 Å². The van der Waals surface area contributed by atoms with Gasteiger partial charge in [-0.3, -0.25) is 9.59 Å². The average molecular weight is 326 g/mol. The third-order valence-electron chi connectivity index (χ3n) is 3.52. The molecule has 0 bridgehead atoms. The van der Waals surface area contributed by atoms with Crippen LogP contribution in [0.3, 0.4) is 0 Å². The number of carbonyl (C=O) groups is 2. The molecule has 5 nitrogen and oxygen atoms in total. The summed E-state index contributed by atoms with van der Waals surface area (Å²) in [4.78, 5) is 24.2. The number of anilines is 1. The van der Waals surface area contributed by atoms with Crippen molar-refractivity contribution in [1.82, 2.24) is 5.32 Å². The smallest absolute Gasteiger partial charge is 0.257 e. The molecule has 0 heterocycles. The van der Waals surface area contributed by atoms with E-state index in [9.17, 15) is 14.7 Å². The number of aliphatic hydroxyl groups excluding tert-OH is 1. The minimum absolute atomic E-state index is 0.0531. The lowest BCUT2D eigenvalue weighted by atomic mass is 10.1. The van der Waals surface area contributed by atoms with Gasteiger partial charge in [-0.25, -0.2) is 0 Å². The van der Waals surface area contributed by atoms with Crippen LogP contribution in [0.1, 0.15) is 41.4 Å². The molecule has 0 spiro atoms. The fraction of sp³-hybridized carbons (Fsp3) is 0.263. The van der Waals surface area contributed by atoms with Crippen LogP contribution in [0.5, 0.6) is 0 Å². The predicted octanol–water partition coefficient (Wildman–Crippen LogP) is 2.81. The topological polar surface area (TPSA) is 78.4 Å². The SMILES string of the molecule is Cc1cc(NC(=O)C(O)c2ccccc2)ccc1C(=O)NC(C)C. The molecule has 0 aliphatic heterocycles. The molecule has 1 atom stereocenters. The van der Waals surface area contributed by atoms with Crippen LogP contribution < -0.4 is 10.6 Å². The van der Waals surface area contributed by atoms with Crippen molar-refractivity contribution in [2.45, 2.75) is 32.9 Å². The first-order valence-corrected chi connectivity index (χ1v) is 7.84. The molecule has 0 aromatic heterocycles. The molecule has 5 heteroatoms. The second-order valence-corrected chi connectivity index (χ2v) is 5.96. The Morgan fingerprint density at radius 3 is 2.29 bits per heavy atom. The van der Waals surface area contributed by atoms with E-state index in [4.69, 9.17) is 0 Å². The van der Waals surface area contributed by atoms with E-state index in [2.05, 4.69) is 10.6 Å². The predicted molar refractivity (Wildman–Crippen MR) is 93.8 cm³/mol. The molecule has 0 saturated heterocycles. The number of amides is 2. The highest BCUT2D eigenvalue weighted by atomic mass is 16.3. The maximum Gasteiger partial charge on any atom is 0.257 e. The molecule has 3 N–H and O–H groups in total. The maximum atomic E-state index is 12.1. The van der Waals surface area contributed by atoms with Crippen LogP contribution in [0.2, 0.25) is 0 Å². The fourth-order valence-corrected chi connectivity index (χ4v) is 2.33. The van der Waals surface area contributed by atoms with Gasteiger partial charge >= 0.3 is 0 Å². The monoisotopic (exact) mass is 326 g/mol. The van der Waals surface area contributed by atoms with Gasteiger partial charge in [-0.15, -0.1) is 0 Å². The summed E-state index contributed by atoms with van der Waals surface area (Å²) < 4.78 is 0. The second-order valence-electron chi connectivity index (χ2n) is 5.96. The number of rotatable bonds is 5. The standard InChI is InChI=1S/C19H22N2O3/c1-12(2)20-18(23)16-10-9-15(11-13(16)3)21-19(24)17(22)14-7-5-4-6-8-14/h4-12,17,22H,1-3H3,(H,20,23)(H,21,24). The van der Waals surface area contributed by atoms with Crippen molar-refractivity contribution in [1.29, 1.82) is 0 Å². The molecule has 0 saturated carbocycles. The van der Waals surface area contributed by atoms with Gasteiger partial charge in [0.05, 0.1) is 0 Å². The largest absolute Gasteiger partial charge is 0.378 e. The Morgan fingerprint density at radius 2 is 1.71 bits per heavy atom. The zero-order chi connectivity index (χ0) is 17.7. The van der Waals surface area contributed by atoms with Crippen LogP contribution in [-0.2, 0) is 4.79 Å². The Balaban J connectivity index is 2.09. The zero-order valence-corrected chi connectivity index (χ0v) is 14.0. The Bertz CT molecular complexity index is 727. The third-order valence-corrected chi connectivity index (χ3v) is 3.52. The van der Waals surface area contributed by atoms with Crippen LogP contribution in [0.4, 0.5) is 5.69 Å². The van der Waals surface area contributed by atoms with Crippen molar-refractivity contribution in [3.8, 4) is 0 Å². The number of hydrogen-bond donors (Lipinski definition) is 3. The molecule has 0 radical (unpaired) electrons. The van der Waals surface area contributed by atoms with Gasteiger partial charge < -0.3 is 15.7 Å². The van der Waals surface area contributed by atoms with Crippen molar-refractivity contribution < 1.29 is 14.7 Å². The highest BCUT2D eigenvalue weighted by Crippen LogP contribution is 2.19. The molecule has 2 aromatic carbocycles. The van der Waals surface area contributed by atoms with E-state index >= 15 is 0 Å². The Labute approximate surface area is 141 Å². The molecule has 2 aromatic rings. The summed E-state index contributed by atoms with van der Waals surface area (Å²) in [6.07, 6.45) is -1.24. The van der Waals surface area contributed by atoms with Crippen molar-refractivity contribution in [3.05, 3.63) is 65.2 Å². The normalized spacial score (nSPS) is 11.9. The summed E-state index contributed by atoms with van der Waals surface area (Å²) in [5.74, 6) is -0.662. The molecule has 0 fully saturated rings. The van der Waals surface area contributed by atoms with Crippen LogP contribution in [0.25, 0.3) is 0 Å². The summed E-state index contributed by atoms with van der Waals surface area (Å²) in [6, 6.07) is 13.8. The van der Waals surface area contributed by atoms with E-state index in [1.165, 1.54) is 0 Å². The minimum Gasteiger partial charge on any atom is -0.378 e. The van der Waals surface area contributed by atoms with Crippen LogP contribution in [0.15, 0.2) is 48.5 Å². The second kappa shape index (κ2) is 7.75. The van der Waals surface area contributed by atoms with Gasteiger partial charge in [0, 0.05) is 17.3 Å². The Morgan fingerprint density at radius 1 is 1.04 bits per heavy atom. The highest BCUT2D eigenvalue weighted by molar-refractivity contribution is 5.98. The third kappa shape index (κ3) is 4.43. The lowest BCUT2D eigenvalue weighted by Crippen LogP contribution is -2.30. The fourth-order valence-electron chi connectivity index (χ4n) is 2.33. The quantitative estimate of drug-likeness (QED) is 0.790. The van der Waals surface area contributed by atoms with Gasteiger partial charge in [0.1, 0.15) is 0 Å². The van der Waals surface area contributed by atoms with Gasteiger partial charge in [-0.1, -0.05) is 30.3 Å². The number of hydrogen-bond acceptors (Lipinski definition) is 3. The van der Waals surface area contributed by atoms with E-state index in [1.54, 1.807) is 49.4 Å². The average Bonchev–Trinajstić information content (AvgIpc) is 2.54. The molecular weight excluding hydrogens is 304 g/mol. The Kier molecular flexibility index (Phi) is 5.71. The molecule has 2 amide bonds. The van der Waals surface area contributed by atoms with E-state index in [1.807, 2.05) is 19.9 Å². The summed E-state index contributed by atoms with van der Waals surface area (Å²) in [6.45, 7) is 5.60. The molecule has 24 heavy (non-hydrogen) atoms. The van der Waals surface area contributed by atoms with Gasteiger partial charge in [0.15, 0.2) is 6.10 Å². The first kappa shape index (κ1) is 17.7. The Hall–Kier alpha value is -2.66. The summed E-state index contributed by atoms with van der Waals surface area (Å²) in [5, 5.41) is 15.6. The molecule has 0 aliphatic rings. The number of aliphatic hydroxyl groups is 1. The summed E-state index contributed by atoms with van der Waals surface area (Å²) in [5.41, 5.74) is 2.37. The van der Waals surface area contributed by atoms with Gasteiger partial charge in [0.25, 0.3) is 11.8 Å². The number of carbonyl (C=O) groups excluding carboxylic acids is 2. The molecule has 2 rings (SSSR count). The molecule has 126 valence electrons. The van der Waals surface area contributed by atoms with Gasteiger partial charge in [-0.2, -0.15) is 0 Å². The maximum absolute atomic E-state index is 12.1. The molecular formula is C19H22N2O3. The van der Waals surface area contributed by atoms with Crippen molar-refractivity contribution in [2.75, 3.05) is 5.32 Å². The number of benzene rings is 2. The number of nitrogens with one attached hydrogen (secondary N) is 2. The van der Waals surface area contributed by atoms with E-state index < -0.39 is 12.0 Å². The van der Waals surface area contributed by atoms with Crippen molar-refractivity contribution in [3.63, 3.8) is 0 Å². The van der Waals surface area contributed by atoms with Crippen molar-refractivity contribution >= 4 is 17.5 Å². The lowest BCUT2D eigenvalue weighted by molar-refractivity contribution is -0.124. The van der Waals surface area contributed by atoms with Crippen LogP contribution in [-0.4, -0.2) is 23.0 Å². The summed E-state index contributed by atoms with van der Waals surface area (Å²) >= 11 is 0. The van der Waals surface area contributed by atoms with E-state index in [-0.39, 0.29) is 11.9 Å². The zero-order valence-electron chi connectivity index (χ0n) is 14.0. The first-order valence-electron chi connectivity index (χ1n) is 7.84. The minimum atomic E-state index is -1.24. The molecule has 0 aliphatic carbocycles. The van der Waals surface area contributed by atoms with Crippen LogP contribution >= 0.6 is 0 Å². The first-order chi connectivity index (χ1) is 11.4.